The highest BCUT2D eigenvalue weighted by Crippen LogP contribution is 2.13. The number of hydrogen-bond acceptors (Lipinski definition) is 4. The number of nitrogens with two attached hydrogens (primary N) is 1. The van der Waals surface area contributed by atoms with Crippen molar-refractivity contribution in [3.05, 3.63) is 17.5 Å². The summed E-state index contributed by atoms with van der Waals surface area (Å²) in [6.07, 6.45) is 2.17. The summed E-state index contributed by atoms with van der Waals surface area (Å²) in [5.74, 6) is 0. The highest BCUT2D eigenvalue weighted by Gasteiger charge is 2.22. The van der Waals surface area contributed by atoms with Crippen LogP contribution < -0.4 is 5.73 Å². The van der Waals surface area contributed by atoms with Crippen LogP contribution in [0.25, 0.3) is 0 Å². The van der Waals surface area contributed by atoms with Crippen LogP contribution in [0.2, 0.25) is 0 Å². The quantitative estimate of drug-likeness (QED) is 0.824. The number of hydrogen-bond donors (Lipinski definition) is 1. The Kier molecular flexibility index (Phi) is 6.21. The van der Waals surface area contributed by atoms with Crippen molar-refractivity contribution in [3.8, 4) is 0 Å². The second-order valence-electron chi connectivity index (χ2n) is 5.91. The van der Waals surface area contributed by atoms with E-state index in [2.05, 4.69) is 46.4 Å². The van der Waals surface area contributed by atoms with E-state index in [0.717, 1.165) is 58.7 Å². The molecule has 2 N–H and O–H groups in total. The molecule has 1 aromatic rings. The van der Waals surface area contributed by atoms with Crippen molar-refractivity contribution in [2.45, 2.75) is 52.7 Å². The van der Waals surface area contributed by atoms with Gasteiger partial charge in [0.25, 0.3) is 0 Å². The van der Waals surface area contributed by atoms with Crippen LogP contribution in [0.15, 0.2) is 6.07 Å². The van der Waals surface area contributed by atoms with Gasteiger partial charge >= 0.3 is 0 Å². The summed E-state index contributed by atoms with van der Waals surface area (Å²) < 4.78 is 2.15. The van der Waals surface area contributed by atoms with Crippen LogP contribution in [0.1, 0.15) is 38.6 Å². The first kappa shape index (κ1) is 16.5. The molecule has 120 valence electrons. The fourth-order valence-corrected chi connectivity index (χ4v) is 3.18. The van der Waals surface area contributed by atoms with Crippen molar-refractivity contribution in [3.63, 3.8) is 0 Å². The summed E-state index contributed by atoms with van der Waals surface area (Å²) >= 11 is 0. The van der Waals surface area contributed by atoms with Crippen molar-refractivity contribution in [1.82, 2.24) is 19.6 Å². The molecule has 1 atom stereocenters. The fraction of sp³-hybridized carbons (Fsp3) is 0.812. The molecule has 0 radical (unpaired) electrons. The molecule has 1 aliphatic rings. The Morgan fingerprint density at radius 2 is 1.90 bits per heavy atom. The molecular weight excluding hydrogens is 262 g/mol. The van der Waals surface area contributed by atoms with E-state index in [-0.39, 0.29) is 0 Å². The number of nitrogens with zero attached hydrogens (tertiary/aromatic N) is 4. The van der Waals surface area contributed by atoms with Gasteiger partial charge in [-0.15, -0.1) is 0 Å². The lowest BCUT2D eigenvalue weighted by atomic mass is 10.1. The number of piperazine rings is 1. The largest absolute Gasteiger partial charge is 0.329 e. The lowest BCUT2D eigenvalue weighted by Gasteiger charge is -2.38. The summed E-state index contributed by atoms with van der Waals surface area (Å²) in [6.45, 7) is 13.9. The van der Waals surface area contributed by atoms with Gasteiger partial charge in [0.1, 0.15) is 0 Å². The minimum atomic E-state index is 0.556. The zero-order valence-corrected chi connectivity index (χ0v) is 13.9. The van der Waals surface area contributed by atoms with E-state index in [9.17, 15) is 0 Å². The first-order valence-electron chi connectivity index (χ1n) is 8.43. The Morgan fingerprint density at radius 1 is 1.19 bits per heavy atom. The van der Waals surface area contributed by atoms with Gasteiger partial charge in [-0.05, 0) is 25.8 Å². The Bertz CT molecular complexity index is 416. The van der Waals surface area contributed by atoms with E-state index in [0.29, 0.717) is 6.04 Å². The molecule has 1 unspecified atom stereocenters. The van der Waals surface area contributed by atoms with Gasteiger partial charge in [0, 0.05) is 51.9 Å². The van der Waals surface area contributed by atoms with E-state index in [1.165, 1.54) is 11.4 Å². The highest BCUT2D eigenvalue weighted by molar-refractivity contribution is 5.10. The topological polar surface area (TPSA) is 50.3 Å². The molecule has 5 nitrogen and oxygen atoms in total. The van der Waals surface area contributed by atoms with Crippen molar-refractivity contribution < 1.29 is 0 Å². The lowest BCUT2D eigenvalue weighted by Crippen LogP contribution is -2.51. The molecule has 0 aliphatic carbocycles. The third-order valence-corrected chi connectivity index (χ3v) is 4.63. The Balaban J connectivity index is 1.90. The minimum Gasteiger partial charge on any atom is -0.329 e. The molecule has 0 bridgehead atoms. The molecule has 0 aromatic carbocycles. The SMILES string of the molecule is CCc1cc(CN2CCN(C(CC)CN)CC2)n(CC)n1. The van der Waals surface area contributed by atoms with Crippen LogP contribution in [0.4, 0.5) is 0 Å². The summed E-state index contributed by atoms with van der Waals surface area (Å²) in [7, 11) is 0. The summed E-state index contributed by atoms with van der Waals surface area (Å²) in [5, 5.41) is 4.65. The lowest BCUT2D eigenvalue weighted by molar-refractivity contribution is 0.0910. The van der Waals surface area contributed by atoms with Crippen LogP contribution >= 0.6 is 0 Å². The van der Waals surface area contributed by atoms with Crippen LogP contribution in [0, 0.1) is 0 Å². The van der Waals surface area contributed by atoms with Gasteiger partial charge in [-0.1, -0.05) is 13.8 Å². The van der Waals surface area contributed by atoms with Crippen LogP contribution in [-0.4, -0.2) is 58.3 Å². The van der Waals surface area contributed by atoms with Crippen molar-refractivity contribution >= 4 is 0 Å². The molecule has 0 saturated carbocycles. The second kappa shape index (κ2) is 7.92. The van der Waals surface area contributed by atoms with E-state index in [4.69, 9.17) is 5.73 Å². The highest BCUT2D eigenvalue weighted by atomic mass is 15.3. The molecule has 21 heavy (non-hydrogen) atoms. The molecule has 1 fully saturated rings. The van der Waals surface area contributed by atoms with Gasteiger partial charge in [-0.2, -0.15) is 5.10 Å². The Hall–Kier alpha value is -0.910. The summed E-state index contributed by atoms with van der Waals surface area (Å²) in [6, 6.07) is 2.82. The third-order valence-electron chi connectivity index (χ3n) is 4.63. The Morgan fingerprint density at radius 3 is 2.43 bits per heavy atom. The van der Waals surface area contributed by atoms with Crippen LogP contribution in [-0.2, 0) is 19.5 Å². The molecule has 1 aromatic heterocycles. The standard InChI is InChI=1S/C16H31N5/c1-4-14-11-16(21(6-3)18-14)13-19-7-9-20(10-8-19)15(5-2)12-17/h11,15H,4-10,12-13,17H2,1-3H3. The van der Waals surface area contributed by atoms with Crippen molar-refractivity contribution in [1.29, 1.82) is 0 Å². The molecule has 1 aliphatic heterocycles. The minimum absolute atomic E-state index is 0.556. The third kappa shape index (κ3) is 4.05. The van der Waals surface area contributed by atoms with Crippen LogP contribution in [0.5, 0.6) is 0 Å². The second-order valence-corrected chi connectivity index (χ2v) is 5.91. The van der Waals surface area contributed by atoms with E-state index in [1.807, 2.05) is 0 Å². The number of aromatic nitrogens is 2. The smallest absolute Gasteiger partial charge is 0.0625 e. The van der Waals surface area contributed by atoms with Gasteiger partial charge in [0.05, 0.1) is 11.4 Å². The average molecular weight is 293 g/mol. The zero-order chi connectivity index (χ0) is 15.2. The normalized spacial score (nSPS) is 19.0. The fourth-order valence-electron chi connectivity index (χ4n) is 3.18. The predicted molar refractivity (Wildman–Crippen MR) is 87.3 cm³/mol. The Labute approximate surface area is 129 Å². The van der Waals surface area contributed by atoms with Crippen molar-refractivity contribution in [2.75, 3.05) is 32.7 Å². The van der Waals surface area contributed by atoms with E-state index >= 15 is 0 Å². The molecule has 2 heterocycles. The van der Waals surface area contributed by atoms with Gasteiger partial charge in [0.15, 0.2) is 0 Å². The molecule has 2 rings (SSSR count). The first-order chi connectivity index (χ1) is 10.2. The van der Waals surface area contributed by atoms with Gasteiger partial charge in [-0.25, -0.2) is 0 Å². The van der Waals surface area contributed by atoms with Crippen molar-refractivity contribution in [2.24, 2.45) is 5.73 Å². The molecule has 0 spiro atoms. The summed E-state index contributed by atoms with van der Waals surface area (Å²) in [5.41, 5.74) is 8.42. The predicted octanol–water partition coefficient (Wildman–Crippen LogP) is 1.32. The molecule has 5 heteroatoms. The van der Waals surface area contributed by atoms with Gasteiger partial charge in [0.2, 0.25) is 0 Å². The van der Waals surface area contributed by atoms with Crippen LogP contribution in [0.3, 0.4) is 0 Å². The van der Waals surface area contributed by atoms with E-state index < -0.39 is 0 Å². The average Bonchev–Trinajstić information content (AvgIpc) is 2.92. The number of rotatable bonds is 7. The maximum absolute atomic E-state index is 5.86. The van der Waals surface area contributed by atoms with Gasteiger partial charge < -0.3 is 5.73 Å². The summed E-state index contributed by atoms with van der Waals surface area (Å²) in [4.78, 5) is 5.09. The van der Waals surface area contributed by atoms with E-state index in [1.54, 1.807) is 0 Å². The monoisotopic (exact) mass is 293 g/mol. The maximum Gasteiger partial charge on any atom is 0.0625 e. The molecule has 0 amide bonds. The molecule has 1 saturated heterocycles. The molecular formula is C16H31N5. The van der Waals surface area contributed by atoms with Gasteiger partial charge in [-0.3, -0.25) is 14.5 Å². The first-order valence-corrected chi connectivity index (χ1v) is 8.43. The zero-order valence-electron chi connectivity index (χ0n) is 13.9. The number of aryl methyl sites for hydroxylation is 2. The maximum atomic E-state index is 5.86.